The summed E-state index contributed by atoms with van der Waals surface area (Å²) in [5.74, 6) is 1.04. The fraction of sp³-hybridized carbons (Fsp3) is 0.333. The molecular weight excluding hydrogens is 385 g/mol. The molecule has 1 N–H and O–H groups in total. The number of rotatable bonds is 2. The molecule has 0 saturated carbocycles. The highest BCUT2D eigenvalue weighted by Crippen LogP contribution is 2.30. The number of fused-ring (bicyclic) bond motifs is 3. The van der Waals surface area contributed by atoms with E-state index in [4.69, 9.17) is 0 Å². The number of aromatic nitrogens is 5. The average molecular weight is 405 g/mol. The highest BCUT2D eigenvalue weighted by Gasteiger charge is 2.36. The molecule has 152 valence electrons. The van der Waals surface area contributed by atoms with Gasteiger partial charge in [-0.2, -0.15) is 4.98 Å². The van der Waals surface area contributed by atoms with Crippen LogP contribution in [0.15, 0.2) is 41.6 Å². The molecule has 6 heterocycles. The van der Waals surface area contributed by atoms with Crippen molar-refractivity contribution < 1.29 is 4.39 Å². The first-order valence-corrected chi connectivity index (χ1v) is 10.1. The molecule has 0 aromatic carbocycles. The summed E-state index contributed by atoms with van der Waals surface area (Å²) in [7, 11) is 0. The van der Waals surface area contributed by atoms with Gasteiger partial charge in [-0.1, -0.05) is 0 Å². The number of nitrogens with one attached hydrogen (secondary N) is 1. The Morgan fingerprint density at radius 2 is 1.87 bits per heavy atom. The number of pyridine rings is 2. The zero-order valence-electron chi connectivity index (χ0n) is 16.4. The van der Waals surface area contributed by atoms with E-state index in [-0.39, 0.29) is 11.5 Å². The van der Waals surface area contributed by atoms with Crippen molar-refractivity contribution in [3.8, 4) is 11.4 Å². The topological polar surface area (TPSA) is 79.8 Å². The van der Waals surface area contributed by atoms with E-state index in [2.05, 4.69) is 25.2 Å². The maximum atomic E-state index is 14.5. The largest absolute Gasteiger partial charge is 0.370 e. The Morgan fingerprint density at radius 1 is 1.07 bits per heavy atom. The van der Waals surface area contributed by atoms with E-state index in [1.54, 1.807) is 29.9 Å². The normalized spacial score (nSPS) is 21.1. The number of halogens is 1. The maximum absolute atomic E-state index is 14.5. The number of hydrogen-bond acceptors (Lipinski definition) is 6. The lowest BCUT2D eigenvalue weighted by Crippen LogP contribution is -2.27. The Bertz CT molecular complexity index is 1350. The van der Waals surface area contributed by atoms with Gasteiger partial charge in [-0.3, -0.25) is 0 Å². The van der Waals surface area contributed by atoms with E-state index in [9.17, 15) is 9.18 Å². The van der Waals surface area contributed by atoms with Gasteiger partial charge in [0.1, 0.15) is 5.65 Å². The van der Waals surface area contributed by atoms with Crippen molar-refractivity contribution in [3.05, 3.63) is 58.8 Å². The molecule has 8 nitrogen and oxygen atoms in total. The van der Waals surface area contributed by atoms with Crippen LogP contribution in [0.3, 0.4) is 0 Å². The minimum Gasteiger partial charge on any atom is -0.370 e. The number of aryl methyl sites for hydroxylation is 1. The van der Waals surface area contributed by atoms with Crippen molar-refractivity contribution >= 4 is 17.0 Å². The predicted octanol–water partition coefficient (Wildman–Crippen LogP) is 1.51. The summed E-state index contributed by atoms with van der Waals surface area (Å²) in [6.45, 7) is 5.88. The maximum Gasteiger partial charge on any atom is 0.355 e. The van der Waals surface area contributed by atoms with E-state index in [1.807, 2.05) is 12.1 Å². The molecule has 30 heavy (non-hydrogen) atoms. The molecule has 2 aliphatic heterocycles. The first-order chi connectivity index (χ1) is 14.5. The molecule has 2 fully saturated rings. The van der Waals surface area contributed by atoms with E-state index in [0.717, 1.165) is 31.9 Å². The summed E-state index contributed by atoms with van der Waals surface area (Å²) in [5, 5.41) is 3.44. The van der Waals surface area contributed by atoms with Crippen LogP contribution in [0.1, 0.15) is 5.69 Å². The zero-order valence-corrected chi connectivity index (χ0v) is 16.4. The fourth-order valence-electron chi connectivity index (χ4n) is 4.69. The van der Waals surface area contributed by atoms with E-state index >= 15 is 0 Å². The second-order valence-corrected chi connectivity index (χ2v) is 8.22. The number of nitrogens with zero attached hydrogens (tertiary/aromatic N) is 6. The number of anilines is 1. The highest BCUT2D eigenvalue weighted by atomic mass is 19.1. The highest BCUT2D eigenvalue weighted by molar-refractivity contribution is 5.61. The van der Waals surface area contributed by atoms with Gasteiger partial charge in [-0.05, 0) is 37.0 Å². The molecule has 0 amide bonds. The van der Waals surface area contributed by atoms with Crippen LogP contribution in [0.2, 0.25) is 0 Å². The average Bonchev–Trinajstić information content (AvgIpc) is 3.41. The van der Waals surface area contributed by atoms with E-state index < -0.39 is 11.5 Å². The van der Waals surface area contributed by atoms with Gasteiger partial charge >= 0.3 is 5.69 Å². The van der Waals surface area contributed by atoms with Gasteiger partial charge in [0, 0.05) is 50.3 Å². The van der Waals surface area contributed by atoms with Crippen LogP contribution in [0.5, 0.6) is 0 Å². The third-order valence-electron chi connectivity index (χ3n) is 6.18. The van der Waals surface area contributed by atoms with E-state index in [1.165, 1.54) is 10.5 Å². The first kappa shape index (κ1) is 17.5. The van der Waals surface area contributed by atoms with Gasteiger partial charge in [0.2, 0.25) is 0 Å². The van der Waals surface area contributed by atoms with Crippen molar-refractivity contribution in [2.24, 2.45) is 11.8 Å². The van der Waals surface area contributed by atoms with Crippen LogP contribution < -0.4 is 15.9 Å². The Hall–Kier alpha value is -3.33. The molecule has 2 aliphatic rings. The van der Waals surface area contributed by atoms with Crippen molar-refractivity contribution in [2.45, 2.75) is 6.92 Å². The molecule has 4 aromatic heterocycles. The molecular formula is C21H20FN7O. The standard InChI is InChI=1S/C21H20FN7O/c1-12-7-28-8-13(4-17(22)20(28)24-12)19-25-18-3-2-16(11-29(18)21(30)26-19)27-9-14-5-23-6-15(14)10-27/h2-4,7-8,11,14-15,23H,5-6,9-10H2,1H3. The zero-order chi connectivity index (χ0) is 20.4. The molecule has 9 heteroatoms. The van der Waals surface area contributed by atoms with Crippen LogP contribution in [-0.4, -0.2) is 49.9 Å². The Balaban J connectivity index is 1.40. The lowest BCUT2D eigenvalue weighted by molar-refractivity contribution is 0.533. The van der Waals surface area contributed by atoms with Crippen molar-refractivity contribution in [1.29, 1.82) is 0 Å². The summed E-state index contributed by atoms with van der Waals surface area (Å²) in [6, 6.07) is 5.13. The Labute approximate surface area is 171 Å². The van der Waals surface area contributed by atoms with Gasteiger partial charge in [0.15, 0.2) is 17.3 Å². The second kappa shape index (κ2) is 6.33. The summed E-state index contributed by atoms with van der Waals surface area (Å²) in [5.41, 5.74) is 2.43. The molecule has 0 bridgehead atoms. The second-order valence-electron chi connectivity index (χ2n) is 8.22. The smallest absolute Gasteiger partial charge is 0.355 e. The molecule has 4 aromatic rings. The molecule has 2 atom stereocenters. The molecule has 0 radical (unpaired) electrons. The summed E-state index contributed by atoms with van der Waals surface area (Å²) < 4.78 is 17.5. The Morgan fingerprint density at radius 3 is 2.67 bits per heavy atom. The fourth-order valence-corrected chi connectivity index (χ4v) is 4.69. The minimum atomic E-state index is -0.478. The summed E-state index contributed by atoms with van der Waals surface area (Å²) in [4.78, 5) is 27.9. The van der Waals surface area contributed by atoms with Crippen molar-refractivity contribution in [2.75, 3.05) is 31.1 Å². The molecule has 6 rings (SSSR count). The Kier molecular flexibility index (Phi) is 3.70. The predicted molar refractivity (Wildman–Crippen MR) is 110 cm³/mol. The molecule has 0 aliphatic carbocycles. The summed E-state index contributed by atoms with van der Waals surface area (Å²) in [6.07, 6.45) is 5.22. The third-order valence-corrected chi connectivity index (χ3v) is 6.18. The lowest BCUT2D eigenvalue weighted by atomic mass is 10.0. The summed E-state index contributed by atoms with van der Waals surface area (Å²) >= 11 is 0. The SMILES string of the molecule is Cc1cn2cc(-c3nc(=O)n4cc(N5CC6CNCC6C5)ccc4n3)cc(F)c2n1. The van der Waals surface area contributed by atoms with Gasteiger partial charge in [-0.25, -0.2) is 23.6 Å². The lowest BCUT2D eigenvalue weighted by Gasteiger charge is -2.20. The van der Waals surface area contributed by atoms with E-state index in [0.29, 0.717) is 28.7 Å². The van der Waals surface area contributed by atoms with Crippen molar-refractivity contribution in [3.63, 3.8) is 0 Å². The van der Waals surface area contributed by atoms with Crippen LogP contribution in [0.4, 0.5) is 10.1 Å². The quantitative estimate of drug-likeness (QED) is 0.545. The first-order valence-electron chi connectivity index (χ1n) is 10.1. The number of imidazole rings is 1. The minimum absolute atomic E-state index is 0.196. The molecule has 0 spiro atoms. The molecule has 2 saturated heterocycles. The van der Waals surface area contributed by atoms with Crippen LogP contribution in [0, 0.1) is 24.6 Å². The van der Waals surface area contributed by atoms with Gasteiger partial charge in [0.05, 0.1) is 11.4 Å². The monoisotopic (exact) mass is 405 g/mol. The van der Waals surface area contributed by atoms with Gasteiger partial charge in [0.25, 0.3) is 0 Å². The number of hydrogen-bond donors (Lipinski definition) is 1. The van der Waals surface area contributed by atoms with Gasteiger partial charge < -0.3 is 14.6 Å². The third kappa shape index (κ3) is 2.69. The van der Waals surface area contributed by atoms with Crippen LogP contribution in [0.25, 0.3) is 22.7 Å². The van der Waals surface area contributed by atoms with Crippen LogP contribution >= 0.6 is 0 Å². The molecule has 2 unspecified atom stereocenters. The van der Waals surface area contributed by atoms with Crippen LogP contribution in [-0.2, 0) is 0 Å². The van der Waals surface area contributed by atoms with Crippen molar-refractivity contribution in [1.82, 2.24) is 29.1 Å². The van der Waals surface area contributed by atoms with Gasteiger partial charge in [-0.15, -0.1) is 0 Å².